The molecule has 0 atom stereocenters. The number of rotatable bonds is 4. The number of ether oxygens (including phenoxy) is 1. The highest BCUT2D eigenvalue weighted by Crippen LogP contribution is 2.11. The molecule has 6 heteroatoms. The molecule has 1 aliphatic rings. The molecule has 2 rings (SSSR count). The van der Waals surface area contributed by atoms with Crippen molar-refractivity contribution in [2.45, 2.75) is 0 Å². The van der Waals surface area contributed by atoms with Gasteiger partial charge in [-0.05, 0) is 24.3 Å². The van der Waals surface area contributed by atoms with Crippen molar-refractivity contribution in [3.63, 3.8) is 0 Å². The van der Waals surface area contributed by atoms with Gasteiger partial charge in [-0.2, -0.15) is 0 Å². The van der Waals surface area contributed by atoms with Crippen molar-refractivity contribution in [3.05, 3.63) is 29.8 Å². The fourth-order valence-electron chi connectivity index (χ4n) is 1.71. The number of hydrogen-bond acceptors (Lipinski definition) is 4. The summed E-state index contributed by atoms with van der Waals surface area (Å²) in [5.74, 6) is 5.71. The van der Waals surface area contributed by atoms with E-state index in [9.17, 15) is 9.59 Å². The number of benzene rings is 1. The van der Waals surface area contributed by atoms with Crippen LogP contribution in [0.2, 0.25) is 0 Å². The van der Waals surface area contributed by atoms with Crippen LogP contribution in [0, 0.1) is 11.8 Å². The number of nitrogens with one attached hydrogen (secondary N) is 1. The minimum Gasteiger partial charge on any atom is -0.492 e. The minimum absolute atomic E-state index is 0.0526. The topological polar surface area (TPSA) is 78.9 Å². The molecule has 1 aliphatic heterocycles. The number of urea groups is 1. The van der Waals surface area contributed by atoms with Crippen LogP contribution < -0.4 is 10.1 Å². The maximum Gasteiger partial charge on any atom is 0.324 e. The lowest BCUT2D eigenvalue weighted by atomic mass is 10.2. The van der Waals surface area contributed by atoms with Crippen LogP contribution in [0.3, 0.4) is 0 Å². The van der Waals surface area contributed by atoms with Crippen molar-refractivity contribution in [2.24, 2.45) is 0 Å². The fraction of sp³-hybridized carbons (Fsp3) is 0.286. The van der Waals surface area contributed by atoms with Crippen LogP contribution in [0.1, 0.15) is 5.56 Å². The van der Waals surface area contributed by atoms with Crippen molar-refractivity contribution < 1.29 is 19.4 Å². The Labute approximate surface area is 116 Å². The van der Waals surface area contributed by atoms with Crippen molar-refractivity contribution in [2.75, 3.05) is 26.3 Å². The number of aliphatic hydroxyl groups is 1. The summed E-state index contributed by atoms with van der Waals surface area (Å²) in [6, 6.07) is 6.64. The van der Waals surface area contributed by atoms with E-state index in [0.717, 1.165) is 10.5 Å². The first kappa shape index (κ1) is 13.9. The van der Waals surface area contributed by atoms with E-state index in [1.807, 2.05) is 0 Å². The number of carbonyl (C=O) groups is 2. The van der Waals surface area contributed by atoms with Gasteiger partial charge >= 0.3 is 6.03 Å². The zero-order chi connectivity index (χ0) is 14.4. The molecule has 0 aliphatic carbocycles. The van der Waals surface area contributed by atoms with E-state index in [0.29, 0.717) is 5.75 Å². The highest BCUT2D eigenvalue weighted by molar-refractivity contribution is 6.01. The molecule has 2 N–H and O–H groups in total. The summed E-state index contributed by atoms with van der Waals surface area (Å²) in [7, 11) is 0. The first-order chi connectivity index (χ1) is 9.70. The molecule has 6 nitrogen and oxygen atoms in total. The Morgan fingerprint density at radius 2 is 2.05 bits per heavy atom. The Balaban J connectivity index is 1.82. The second-order valence-corrected chi connectivity index (χ2v) is 4.04. The van der Waals surface area contributed by atoms with Gasteiger partial charge in [0.1, 0.15) is 19.0 Å². The Kier molecular flexibility index (Phi) is 4.58. The second-order valence-electron chi connectivity index (χ2n) is 4.04. The standard InChI is InChI=1S/C14H14N2O4/c17-8-1-2-11-3-5-12(6-4-11)20-9-7-16-13(18)10-15-14(16)19/h3-6,17H,7-10H2,(H,15,19). The lowest BCUT2D eigenvalue weighted by Crippen LogP contribution is -2.34. The largest absolute Gasteiger partial charge is 0.492 e. The molecule has 1 saturated heterocycles. The maximum absolute atomic E-state index is 11.3. The Morgan fingerprint density at radius 3 is 2.65 bits per heavy atom. The van der Waals surface area contributed by atoms with E-state index in [1.54, 1.807) is 24.3 Å². The van der Waals surface area contributed by atoms with Gasteiger partial charge in [0.25, 0.3) is 0 Å². The van der Waals surface area contributed by atoms with Gasteiger partial charge in [0.15, 0.2) is 0 Å². The normalized spacial score (nSPS) is 13.8. The first-order valence-corrected chi connectivity index (χ1v) is 6.11. The maximum atomic E-state index is 11.3. The molecule has 1 fully saturated rings. The van der Waals surface area contributed by atoms with Crippen molar-refractivity contribution >= 4 is 11.9 Å². The lowest BCUT2D eigenvalue weighted by molar-refractivity contribution is -0.125. The number of aliphatic hydroxyl groups excluding tert-OH is 1. The highest BCUT2D eigenvalue weighted by atomic mass is 16.5. The number of carbonyl (C=O) groups excluding carboxylic acids is 2. The van der Waals surface area contributed by atoms with Gasteiger partial charge in [-0.3, -0.25) is 9.69 Å². The van der Waals surface area contributed by atoms with Crippen molar-refractivity contribution in [1.82, 2.24) is 10.2 Å². The lowest BCUT2D eigenvalue weighted by Gasteiger charge is -2.12. The van der Waals surface area contributed by atoms with Gasteiger partial charge < -0.3 is 15.2 Å². The van der Waals surface area contributed by atoms with Gasteiger partial charge in [0, 0.05) is 5.56 Å². The minimum atomic E-state index is -0.381. The smallest absolute Gasteiger partial charge is 0.324 e. The Morgan fingerprint density at radius 1 is 1.30 bits per heavy atom. The Bertz CT molecular complexity index is 541. The van der Waals surface area contributed by atoms with Crippen LogP contribution in [-0.4, -0.2) is 48.2 Å². The molecule has 0 radical (unpaired) electrons. The number of amides is 3. The average Bonchev–Trinajstić information content (AvgIpc) is 2.78. The fourth-order valence-corrected chi connectivity index (χ4v) is 1.71. The zero-order valence-electron chi connectivity index (χ0n) is 10.8. The summed E-state index contributed by atoms with van der Waals surface area (Å²) < 4.78 is 5.45. The molecule has 0 saturated carbocycles. The summed E-state index contributed by atoms with van der Waals surface area (Å²) in [5, 5.41) is 11.0. The van der Waals surface area contributed by atoms with Crippen LogP contribution in [0.25, 0.3) is 0 Å². The molecule has 1 heterocycles. The molecular formula is C14H14N2O4. The van der Waals surface area contributed by atoms with Crippen molar-refractivity contribution in [3.8, 4) is 17.6 Å². The molecule has 1 aromatic carbocycles. The molecule has 0 spiro atoms. The molecular weight excluding hydrogens is 260 g/mol. The summed E-state index contributed by atoms with van der Waals surface area (Å²) >= 11 is 0. The van der Waals surface area contributed by atoms with Crippen LogP contribution in [-0.2, 0) is 4.79 Å². The predicted octanol–water partition coefficient (Wildman–Crippen LogP) is -0.0390. The number of imide groups is 1. The van der Waals surface area contributed by atoms with Gasteiger partial charge in [-0.25, -0.2) is 4.79 Å². The van der Waals surface area contributed by atoms with E-state index in [2.05, 4.69) is 17.2 Å². The van der Waals surface area contributed by atoms with Crippen LogP contribution in [0.15, 0.2) is 24.3 Å². The second kappa shape index (κ2) is 6.59. The summed E-state index contributed by atoms with van der Waals surface area (Å²) in [5.41, 5.74) is 0.778. The molecule has 104 valence electrons. The predicted molar refractivity (Wildman–Crippen MR) is 71.0 cm³/mol. The molecule has 1 aromatic rings. The van der Waals surface area contributed by atoms with E-state index in [1.165, 1.54) is 0 Å². The van der Waals surface area contributed by atoms with Gasteiger partial charge in [-0.15, -0.1) is 0 Å². The van der Waals surface area contributed by atoms with Crippen LogP contribution in [0.5, 0.6) is 5.75 Å². The average molecular weight is 274 g/mol. The first-order valence-electron chi connectivity index (χ1n) is 6.11. The monoisotopic (exact) mass is 274 g/mol. The van der Waals surface area contributed by atoms with E-state index >= 15 is 0 Å². The van der Waals surface area contributed by atoms with E-state index in [4.69, 9.17) is 9.84 Å². The number of nitrogens with zero attached hydrogens (tertiary/aromatic N) is 1. The van der Waals surface area contributed by atoms with E-state index < -0.39 is 0 Å². The van der Waals surface area contributed by atoms with Gasteiger partial charge in [0.2, 0.25) is 5.91 Å². The molecule has 3 amide bonds. The third kappa shape index (κ3) is 3.49. The molecule has 0 unspecified atom stereocenters. The summed E-state index contributed by atoms with van der Waals surface area (Å²) in [6.45, 7) is 0.332. The SMILES string of the molecule is O=C1CNC(=O)N1CCOc1ccc(C#CCO)cc1. The third-order valence-electron chi connectivity index (χ3n) is 2.69. The zero-order valence-corrected chi connectivity index (χ0v) is 10.8. The quantitative estimate of drug-likeness (QED) is 0.596. The van der Waals surface area contributed by atoms with Crippen LogP contribution >= 0.6 is 0 Å². The number of hydrogen-bond donors (Lipinski definition) is 2. The van der Waals surface area contributed by atoms with Gasteiger partial charge in [-0.1, -0.05) is 11.8 Å². The summed E-state index contributed by atoms with van der Waals surface area (Å²) in [6.07, 6.45) is 0. The van der Waals surface area contributed by atoms with Crippen LogP contribution in [0.4, 0.5) is 4.79 Å². The molecule has 0 aromatic heterocycles. The summed E-state index contributed by atoms with van der Waals surface area (Å²) in [4.78, 5) is 23.7. The third-order valence-corrected chi connectivity index (χ3v) is 2.69. The highest BCUT2D eigenvalue weighted by Gasteiger charge is 2.27. The molecule has 20 heavy (non-hydrogen) atoms. The Hall–Kier alpha value is -2.52. The van der Waals surface area contributed by atoms with Crippen molar-refractivity contribution in [1.29, 1.82) is 0 Å². The van der Waals surface area contributed by atoms with E-state index in [-0.39, 0.29) is 38.2 Å². The molecule has 0 bridgehead atoms. The van der Waals surface area contributed by atoms with Gasteiger partial charge in [0.05, 0.1) is 13.1 Å².